The maximum atomic E-state index is 6.13. The third kappa shape index (κ3) is 7.69. The minimum atomic E-state index is -0.204. The lowest BCUT2D eigenvalue weighted by Crippen LogP contribution is -2.28. The van der Waals surface area contributed by atoms with Crippen LogP contribution in [0.5, 0.6) is 5.75 Å². The molecule has 3 aromatic rings. The quantitative estimate of drug-likeness (QED) is 0.292. The molecule has 0 saturated carbocycles. The van der Waals surface area contributed by atoms with E-state index in [-0.39, 0.29) is 21.8 Å². The molecule has 1 aromatic heterocycles. The van der Waals surface area contributed by atoms with Crippen LogP contribution in [0.15, 0.2) is 73.1 Å². The highest BCUT2D eigenvalue weighted by molar-refractivity contribution is 5.35. The Morgan fingerprint density at radius 2 is 1.19 bits per heavy atom. The van der Waals surface area contributed by atoms with E-state index in [1.807, 2.05) is 12.4 Å². The zero-order valence-electron chi connectivity index (χ0n) is 25.0. The average Bonchev–Trinajstić information content (AvgIpc) is 2.83. The van der Waals surface area contributed by atoms with Crippen LogP contribution in [0.2, 0.25) is 0 Å². The van der Waals surface area contributed by atoms with Crippen LogP contribution in [0.4, 0.5) is 0 Å². The first-order valence-corrected chi connectivity index (χ1v) is 13.9. The molecule has 2 heteroatoms. The molecule has 0 spiro atoms. The molecule has 2 atom stereocenters. The van der Waals surface area contributed by atoms with Crippen molar-refractivity contribution in [2.75, 3.05) is 0 Å². The smallest absolute Gasteiger partial charge is 0.120 e. The number of ether oxygens (including phenoxy) is 1. The summed E-state index contributed by atoms with van der Waals surface area (Å²) in [6, 6.07) is 22.6. The van der Waals surface area contributed by atoms with E-state index in [2.05, 4.69) is 135 Å². The van der Waals surface area contributed by atoms with E-state index in [1.165, 1.54) is 22.3 Å². The number of nitrogens with zero attached hydrogens (tertiary/aromatic N) is 1. The van der Waals surface area contributed by atoms with E-state index in [1.54, 1.807) is 0 Å². The minimum absolute atomic E-state index is 0.0267. The maximum absolute atomic E-state index is 6.13. The van der Waals surface area contributed by atoms with Gasteiger partial charge in [-0.15, -0.1) is 0 Å². The van der Waals surface area contributed by atoms with Gasteiger partial charge in [-0.05, 0) is 109 Å². The van der Waals surface area contributed by atoms with Crippen LogP contribution in [0.1, 0.15) is 117 Å². The van der Waals surface area contributed by atoms with Crippen LogP contribution in [-0.4, -0.2) is 10.6 Å². The molecule has 3 rings (SSSR count). The van der Waals surface area contributed by atoms with Crippen LogP contribution in [-0.2, 0) is 16.2 Å². The highest BCUT2D eigenvalue weighted by Crippen LogP contribution is 2.44. The number of benzene rings is 2. The monoisotopic (exact) mass is 499 g/mol. The molecule has 2 nitrogen and oxygen atoms in total. The number of aromatic nitrogens is 1. The van der Waals surface area contributed by atoms with Crippen molar-refractivity contribution in [3.63, 3.8) is 0 Å². The Bertz CT molecular complexity index is 1120. The fraction of sp³-hybridized carbons (Fsp3) is 0.514. The van der Waals surface area contributed by atoms with Gasteiger partial charge in [0.05, 0.1) is 0 Å². The maximum Gasteiger partial charge on any atom is 0.120 e. The van der Waals surface area contributed by atoms with Crippen molar-refractivity contribution < 1.29 is 4.74 Å². The first-order valence-electron chi connectivity index (χ1n) is 13.9. The molecule has 0 aliphatic heterocycles. The standard InChI is InChI=1S/C35H49NO/c1-11-35(10,30-16-14-28(15-17-30)32(2,3)4)25-27(24-34(8,9)29-20-22-36-23-21-29)26-12-18-31(19-13-26)37-33(5,6)7/h12-23,27H,11,24-25H2,1-10H3. The number of hydrogen-bond acceptors (Lipinski definition) is 2. The van der Waals surface area contributed by atoms with Gasteiger partial charge in [0.1, 0.15) is 11.4 Å². The Morgan fingerprint density at radius 1 is 0.649 bits per heavy atom. The lowest BCUT2D eigenvalue weighted by atomic mass is 9.67. The van der Waals surface area contributed by atoms with Crippen molar-refractivity contribution in [2.24, 2.45) is 0 Å². The van der Waals surface area contributed by atoms with Crippen molar-refractivity contribution in [1.82, 2.24) is 4.98 Å². The van der Waals surface area contributed by atoms with Gasteiger partial charge in [-0.2, -0.15) is 0 Å². The number of hydrogen-bond donors (Lipinski definition) is 0. The highest BCUT2D eigenvalue weighted by atomic mass is 16.5. The average molecular weight is 500 g/mol. The summed E-state index contributed by atoms with van der Waals surface area (Å²) in [5.74, 6) is 1.33. The molecule has 0 saturated heterocycles. The molecular weight excluding hydrogens is 450 g/mol. The highest BCUT2D eigenvalue weighted by Gasteiger charge is 2.34. The number of rotatable bonds is 9. The predicted octanol–water partition coefficient (Wildman–Crippen LogP) is 9.77. The molecule has 0 bridgehead atoms. The van der Waals surface area contributed by atoms with Gasteiger partial charge in [0, 0.05) is 12.4 Å². The summed E-state index contributed by atoms with van der Waals surface area (Å²) in [6.07, 6.45) is 7.08. The van der Waals surface area contributed by atoms with Crippen LogP contribution in [0.3, 0.4) is 0 Å². The molecule has 2 aromatic carbocycles. The second-order valence-corrected chi connectivity index (χ2v) is 13.7. The van der Waals surface area contributed by atoms with Gasteiger partial charge in [0.2, 0.25) is 0 Å². The Kier molecular flexibility index (Phi) is 8.62. The van der Waals surface area contributed by atoms with E-state index in [9.17, 15) is 0 Å². The van der Waals surface area contributed by atoms with Crippen molar-refractivity contribution in [3.8, 4) is 5.75 Å². The first-order chi connectivity index (χ1) is 17.1. The first kappa shape index (κ1) is 29.0. The van der Waals surface area contributed by atoms with Crippen molar-refractivity contribution in [3.05, 3.63) is 95.3 Å². The zero-order chi connectivity index (χ0) is 27.5. The fourth-order valence-corrected chi connectivity index (χ4v) is 5.39. The van der Waals surface area contributed by atoms with Crippen LogP contribution >= 0.6 is 0 Å². The van der Waals surface area contributed by atoms with E-state index < -0.39 is 0 Å². The Hall–Kier alpha value is -2.61. The lowest BCUT2D eigenvalue weighted by molar-refractivity contribution is 0.131. The van der Waals surface area contributed by atoms with Gasteiger partial charge < -0.3 is 4.74 Å². The SMILES string of the molecule is CCC(C)(CC(CC(C)(C)c1ccncc1)c1ccc(OC(C)(C)C)cc1)c1ccc(C(C)(C)C)cc1. The molecule has 0 radical (unpaired) electrons. The van der Waals surface area contributed by atoms with Gasteiger partial charge in [-0.3, -0.25) is 4.98 Å². The third-order valence-corrected chi connectivity index (χ3v) is 7.92. The normalized spacial score (nSPS) is 15.2. The van der Waals surface area contributed by atoms with Gasteiger partial charge >= 0.3 is 0 Å². The molecule has 200 valence electrons. The summed E-state index contributed by atoms with van der Waals surface area (Å²) in [5, 5.41) is 0. The Balaban J connectivity index is 1.97. The predicted molar refractivity (Wildman–Crippen MR) is 159 cm³/mol. The molecule has 37 heavy (non-hydrogen) atoms. The second-order valence-electron chi connectivity index (χ2n) is 13.7. The fourth-order valence-electron chi connectivity index (χ4n) is 5.39. The van der Waals surface area contributed by atoms with Crippen molar-refractivity contribution in [2.45, 2.75) is 116 Å². The molecule has 0 amide bonds. The van der Waals surface area contributed by atoms with E-state index in [0.29, 0.717) is 5.92 Å². The number of pyridine rings is 1. The molecular formula is C35H49NO. The molecule has 0 fully saturated rings. The second kappa shape index (κ2) is 11.0. The van der Waals surface area contributed by atoms with E-state index in [0.717, 1.165) is 25.0 Å². The van der Waals surface area contributed by atoms with Crippen molar-refractivity contribution in [1.29, 1.82) is 0 Å². The third-order valence-electron chi connectivity index (χ3n) is 7.92. The van der Waals surface area contributed by atoms with Gasteiger partial charge in [0.15, 0.2) is 0 Å². The van der Waals surface area contributed by atoms with Crippen LogP contribution in [0, 0.1) is 0 Å². The van der Waals surface area contributed by atoms with Gasteiger partial charge in [-0.25, -0.2) is 0 Å². The minimum Gasteiger partial charge on any atom is -0.488 e. The summed E-state index contributed by atoms with van der Waals surface area (Å²) in [4.78, 5) is 4.26. The summed E-state index contributed by atoms with van der Waals surface area (Å²) in [7, 11) is 0. The van der Waals surface area contributed by atoms with Gasteiger partial charge in [-0.1, -0.05) is 84.9 Å². The van der Waals surface area contributed by atoms with E-state index in [4.69, 9.17) is 4.74 Å². The molecule has 0 aliphatic carbocycles. The van der Waals surface area contributed by atoms with Crippen LogP contribution < -0.4 is 4.74 Å². The van der Waals surface area contributed by atoms with E-state index >= 15 is 0 Å². The molecule has 0 N–H and O–H groups in total. The van der Waals surface area contributed by atoms with Gasteiger partial charge in [0.25, 0.3) is 0 Å². The Labute approximate surface area is 226 Å². The lowest BCUT2D eigenvalue weighted by Gasteiger charge is -2.38. The summed E-state index contributed by atoms with van der Waals surface area (Å²) < 4.78 is 6.13. The molecule has 2 unspecified atom stereocenters. The zero-order valence-corrected chi connectivity index (χ0v) is 25.0. The summed E-state index contributed by atoms with van der Waals surface area (Å²) >= 11 is 0. The molecule has 0 aliphatic rings. The summed E-state index contributed by atoms with van der Waals surface area (Å²) in [6.45, 7) is 22.7. The Morgan fingerprint density at radius 3 is 1.68 bits per heavy atom. The molecule has 1 heterocycles. The summed E-state index contributed by atoms with van der Waals surface area (Å²) in [5.41, 5.74) is 5.61. The van der Waals surface area contributed by atoms with Crippen LogP contribution in [0.25, 0.3) is 0 Å². The largest absolute Gasteiger partial charge is 0.488 e. The van der Waals surface area contributed by atoms with Crippen molar-refractivity contribution >= 4 is 0 Å². The topological polar surface area (TPSA) is 22.1 Å².